The summed E-state index contributed by atoms with van der Waals surface area (Å²) in [5.74, 6) is -0.376. The Morgan fingerprint density at radius 3 is 2.57 bits per heavy atom. The normalized spacial score (nSPS) is 10.3. The molecule has 0 radical (unpaired) electrons. The van der Waals surface area contributed by atoms with E-state index in [4.69, 9.17) is 4.74 Å². The Hall–Kier alpha value is -3.12. The summed E-state index contributed by atoms with van der Waals surface area (Å²) in [4.78, 5) is 11.9. The minimum absolute atomic E-state index is 0.324. The Bertz CT molecular complexity index is 922. The number of nitriles is 1. The zero-order valence-corrected chi connectivity index (χ0v) is 12.7. The molecule has 3 nitrogen and oxygen atoms in total. The van der Waals surface area contributed by atoms with E-state index >= 15 is 0 Å². The average molecular weight is 301 g/mol. The summed E-state index contributed by atoms with van der Waals surface area (Å²) in [5.41, 5.74) is 2.64. The van der Waals surface area contributed by atoms with Gasteiger partial charge in [-0.1, -0.05) is 36.4 Å². The van der Waals surface area contributed by atoms with Crippen molar-refractivity contribution in [2.24, 2.45) is 0 Å². The fourth-order valence-electron chi connectivity index (χ4n) is 2.58. The maximum atomic E-state index is 11.9. The highest BCUT2D eigenvalue weighted by molar-refractivity contribution is 5.93. The van der Waals surface area contributed by atoms with Crippen LogP contribution >= 0.6 is 0 Å². The molecular weight excluding hydrogens is 286 g/mol. The van der Waals surface area contributed by atoms with Crippen LogP contribution in [-0.2, 0) is 4.74 Å². The molecule has 3 rings (SSSR count). The van der Waals surface area contributed by atoms with E-state index in [1.807, 2.05) is 42.5 Å². The third-order valence-corrected chi connectivity index (χ3v) is 3.71. The van der Waals surface area contributed by atoms with E-state index in [-0.39, 0.29) is 5.97 Å². The van der Waals surface area contributed by atoms with Gasteiger partial charge in [0.25, 0.3) is 0 Å². The van der Waals surface area contributed by atoms with Crippen LogP contribution in [0, 0.1) is 11.3 Å². The molecule has 0 aliphatic rings. The fourth-order valence-corrected chi connectivity index (χ4v) is 2.58. The molecule has 0 aliphatic carbocycles. The third-order valence-electron chi connectivity index (χ3n) is 3.71. The molecule has 112 valence electrons. The lowest BCUT2D eigenvalue weighted by atomic mass is 9.96. The molecule has 0 fully saturated rings. The predicted molar refractivity (Wildman–Crippen MR) is 90.1 cm³/mol. The van der Waals surface area contributed by atoms with Crippen molar-refractivity contribution in [2.75, 3.05) is 6.61 Å². The maximum Gasteiger partial charge on any atom is 0.338 e. The van der Waals surface area contributed by atoms with Crippen LogP contribution in [0.15, 0.2) is 60.7 Å². The summed E-state index contributed by atoms with van der Waals surface area (Å²) in [6, 6.07) is 21.2. The number of ether oxygens (including phenoxy) is 1. The SMILES string of the molecule is CCOC(=O)c1ccc(C#N)c(-c2ccc3ccccc3c2)c1. The first-order chi connectivity index (χ1) is 11.2. The molecule has 3 aromatic carbocycles. The molecule has 0 heterocycles. The van der Waals surface area contributed by atoms with Gasteiger partial charge in [-0.25, -0.2) is 4.79 Å². The molecule has 0 saturated carbocycles. The molecule has 0 bridgehead atoms. The van der Waals surface area contributed by atoms with Crippen molar-refractivity contribution in [1.82, 2.24) is 0 Å². The predicted octanol–water partition coefficient (Wildman–Crippen LogP) is 4.56. The molecule has 0 saturated heterocycles. The van der Waals surface area contributed by atoms with Crippen LogP contribution in [0.25, 0.3) is 21.9 Å². The number of carbonyl (C=O) groups excluding carboxylic acids is 1. The minimum atomic E-state index is -0.376. The van der Waals surface area contributed by atoms with Crippen LogP contribution in [0.2, 0.25) is 0 Å². The van der Waals surface area contributed by atoms with Crippen LogP contribution in [0.1, 0.15) is 22.8 Å². The molecular formula is C20H15NO2. The summed E-state index contributed by atoms with van der Waals surface area (Å²) in [7, 11) is 0. The summed E-state index contributed by atoms with van der Waals surface area (Å²) in [6.45, 7) is 2.09. The second-order valence-electron chi connectivity index (χ2n) is 5.15. The van der Waals surface area contributed by atoms with E-state index in [9.17, 15) is 10.1 Å². The number of hydrogen-bond donors (Lipinski definition) is 0. The third kappa shape index (κ3) is 2.93. The van der Waals surface area contributed by atoms with Crippen LogP contribution in [0.5, 0.6) is 0 Å². The van der Waals surface area contributed by atoms with Gasteiger partial charge < -0.3 is 4.74 Å². The first-order valence-corrected chi connectivity index (χ1v) is 7.43. The monoisotopic (exact) mass is 301 g/mol. The van der Waals surface area contributed by atoms with Gasteiger partial charge in [-0.2, -0.15) is 5.26 Å². The topological polar surface area (TPSA) is 50.1 Å². The van der Waals surface area contributed by atoms with Gasteiger partial charge >= 0.3 is 5.97 Å². The Morgan fingerprint density at radius 1 is 1.04 bits per heavy atom. The number of benzene rings is 3. The average Bonchev–Trinajstić information content (AvgIpc) is 2.61. The van der Waals surface area contributed by atoms with Gasteiger partial charge in [-0.3, -0.25) is 0 Å². The fraction of sp³-hybridized carbons (Fsp3) is 0.100. The van der Waals surface area contributed by atoms with E-state index in [0.29, 0.717) is 17.7 Å². The van der Waals surface area contributed by atoms with Gasteiger partial charge in [-0.15, -0.1) is 0 Å². The lowest BCUT2D eigenvalue weighted by Crippen LogP contribution is -2.05. The summed E-state index contributed by atoms with van der Waals surface area (Å²) >= 11 is 0. The number of esters is 1. The van der Waals surface area contributed by atoms with Gasteiger partial charge in [-0.05, 0) is 47.5 Å². The molecule has 0 unspecified atom stereocenters. The Labute approximate surface area is 134 Å². The number of fused-ring (bicyclic) bond motifs is 1. The Kier molecular flexibility index (Phi) is 4.07. The van der Waals surface area contributed by atoms with E-state index in [1.54, 1.807) is 25.1 Å². The standard InChI is InChI=1S/C20H15NO2/c1-2-23-20(22)17-9-10-18(13-21)19(12-17)16-8-7-14-5-3-4-6-15(14)11-16/h3-12H,2H2,1H3. The van der Waals surface area contributed by atoms with E-state index in [0.717, 1.165) is 21.9 Å². The molecule has 0 spiro atoms. The summed E-state index contributed by atoms with van der Waals surface area (Å²) in [6.07, 6.45) is 0. The first-order valence-electron chi connectivity index (χ1n) is 7.43. The Balaban J connectivity index is 2.14. The molecule has 0 aromatic heterocycles. The van der Waals surface area contributed by atoms with Crippen LogP contribution in [0.4, 0.5) is 0 Å². The molecule has 3 aromatic rings. The van der Waals surface area contributed by atoms with E-state index in [2.05, 4.69) is 6.07 Å². The maximum absolute atomic E-state index is 11.9. The minimum Gasteiger partial charge on any atom is -0.462 e. The number of nitrogens with zero attached hydrogens (tertiary/aromatic N) is 1. The quantitative estimate of drug-likeness (QED) is 0.667. The highest BCUT2D eigenvalue weighted by Crippen LogP contribution is 2.28. The van der Waals surface area contributed by atoms with Gasteiger partial charge in [0, 0.05) is 5.56 Å². The van der Waals surface area contributed by atoms with E-state index in [1.165, 1.54) is 0 Å². The van der Waals surface area contributed by atoms with Gasteiger partial charge in [0.05, 0.1) is 23.8 Å². The number of hydrogen-bond acceptors (Lipinski definition) is 3. The lowest BCUT2D eigenvalue weighted by Gasteiger charge is -2.09. The zero-order chi connectivity index (χ0) is 16.2. The smallest absolute Gasteiger partial charge is 0.338 e. The largest absolute Gasteiger partial charge is 0.462 e. The van der Waals surface area contributed by atoms with Crippen molar-refractivity contribution in [3.05, 3.63) is 71.8 Å². The molecule has 0 N–H and O–H groups in total. The van der Waals surface area contributed by atoms with Crippen molar-refractivity contribution >= 4 is 16.7 Å². The van der Waals surface area contributed by atoms with E-state index < -0.39 is 0 Å². The second kappa shape index (κ2) is 6.33. The van der Waals surface area contributed by atoms with Crippen molar-refractivity contribution in [1.29, 1.82) is 5.26 Å². The number of carbonyl (C=O) groups is 1. The van der Waals surface area contributed by atoms with Crippen molar-refractivity contribution in [3.63, 3.8) is 0 Å². The first kappa shape index (κ1) is 14.8. The molecule has 0 atom stereocenters. The molecule has 0 aliphatic heterocycles. The summed E-state index contributed by atoms with van der Waals surface area (Å²) < 4.78 is 5.04. The molecule has 0 amide bonds. The van der Waals surface area contributed by atoms with Crippen LogP contribution in [0.3, 0.4) is 0 Å². The van der Waals surface area contributed by atoms with Crippen molar-refractivity contribution in [3.8, 4) is 17.2 Å². The van der Waals surface area contributed by atoms with Crippen LogP contribution < -0.4 is 0 Å². The molecule has 3 heteroatoms. The Morgan fingerprint density at radius 2 is 1.83 bits per heavy atom. The second-order valence-corrected chi connectivity index (χ2v) is 5.15. The van der Waals surface area contributed by atoms with Gasteiger partial charge in [0.2, 0.25) is 0 Å². The van der Waals surface area contributed by atoms with Gasteiger partial charge in [0.15, 0.2) is 0 Å². The highest BCUT2D eigenvalue weighted by atomic mass is 16.5. The van der Waals surface area contributed by atoms with Gasteiger partial charge in [0.1, 0.15) is 0 Å². The van der Waals surface area contributed by atoms with Crippen LogP contribution in [-0.4, -0.2) is 12.6 Å². The summed E-state index contributed by atoms with van der Waals surface area (Å²) in [5, 5.41) is 11.6. The lowest BCUT2D eigenvalue weighted by molar-refractivity contribution is 0.0526. The zero-order valence-electron chi connectivity index (χ0n) is 12.7. The van der Waals surface area contributed by atoms with Crippen molar-refractivity contribution in [2.45, 2.75) is 6.92 Å². The van der Waals surface area contributed by atoms with Crippen molar-refractivity contribution < 1.29 is 9.53 Å². The number of rotatable bonds is 3. The highest BCUT2D eigenvalue weighted by Gasteiger charge is 2.12. The molecule has 23 heavy (non-hydrogen) atoms.